The molecule has 1 aliphatic heterocycles. The van der Waals surface area contributed by atoms with Crippen LogP contribution in [0.5, 0.6) is 0 Å². The third kappa shape index (κ3) is 3.11. The summed E-state index contributed by atoms with van der Waals surface area (Å²) in [6.45, 7) is 3.28. The van der Waals surface area contributed by atoms with Crippen LogP contribution in [0.2, 0.25) is 0 Å². The van der Waals surface area contributed by atoms with Crippen molar-refractivity contribution in [1.29, 1.82) is 5.26 Å². The van der Waals surface area contributed by atoms with Crippen molar-refractivity contribution in [1.82, 2.24) is 10.1 Å². The summed E-state index contributed by atoms with van der Waals surface area (Å²) < 4.78 is 16.2. The topological polar surface area (TPSA) is 81.2 Å². The SMILES string of the molecule is COC1(c2noc(CC(C)CC#N)n2)CCOCC1. The van der Waals surface area contributed by atoms with Gasteiger partial charge in [-0.2, -0.15) is 10.2 Å². The molecule has 0 amide bonds. The summed E-state index contributed by atoms with van der Waals surface area (Å²) in [4.78, 5) is 4.43. The van der Waals surface area contributed by atoms with Gasteiger partial charge in [0, 0.05) is 46.0 Å². The monoisotopic (exact) mass is 265 g/mol. The highest BCUT2D eigenvalue weighted by molar-refractivity contribution is 5.03. The van der Waals surface area contributed by atoms with Gasteiger partial charge in [0.15, 0.2) is 0 Å². The molecule has 0 spiro atoms. The molecule has 0 aromatic carbocycles. The van der Waals surface area contributed by atoms with E-state index in [4.69, 9.17) is 19.3 Å². The minimum Gasteiger partial charge on any atom is -0.381 e. The van der Waals surface area contributed by atoms with Crippen molar-refractivity contribution in [3.8, 4) is 6.07 Å². The molecule has 0 saturated carbocycles. The van der Waals surface area contributed by atoms with Crippen LogP contribution in [0.4, 0.5) is 0 Å². The van der Waals surface area contributed by atoms with E-state index in [1.165, 1.54) is 0 Å². The molecule has 2 rings (SSSR count). The lowest BCUT2D eigenvalue weighted by molar-refractivity contribution is -0.101. The molecule has 0 aliphatic carbocycles. The molecule has 104 valence electrons. The molecule has 2 heterocycles. The molecule has 1 aliphatic rings. The van der Waals surface area contributed by atoms with E-state index in [1.807, 2.05) is 6.92 Å². The Morgan fingerprint density at radius 3 is 2.84 bits per heavy atom. The lowest BCUT2D eigenvalue weighted by Gasteiger charge is -2.32. The van der Waals surface area contributed by atoms with Gasteiger partial charge in [-0.1, -0.05) is 12.1 Å². The molecule has 6 nitrogen and oxygen atoms in total. The summed E-state index contributed by atoms with van der Waals surface area (Å²) in [6, 6.07) is 2.15. The van der Waals surface area contributed by atoms with E-state index < -0.39 is 5.60 Å². The summed E-state index contributed by atoms with van der Waals surface area (Å²) in [5, 5.41) is 12.7. The van der Waals surface area contributed by atoms with E-state index in [9.17, 15) is 0 Å². The van der Waals surface area contributed by atoms with Crippen molar-refractivity contribution in [2.45, 2.75) is 38.2 Å². The van der Waals surface area contributed by atoms with E-state index in [1.54, 1.807) is 7.11 Å². The Hall–Kier alpha value is -1.45. The van der Waals surface area contributed by atoms with Crippen LogP contribution in [-0.4, -0.2) is 30.5 Å². The standard InChI is InChI=1S/C13H19N3O3/c1-10(3-6-14)9-11-15-12(16-19-11)13(17-2)4-7-18-8-5-13/h10H,3-5,7-9H2,1-2H3. The average molecular weight is 265 g/mol. The molecule has 1 saturated heterocycles. The van der Waals surface area contributed by atoms with Crippen LogP contribution < -0.4 is 0 Å². The predicted molar refractivity (Wildman–Crippen MR) is 66.1 cm³/mol. The molecule has 19 heavy (non-hydrogen) atoms. The molecule has 6 heteroatoms. The maximum Gasteiger partial charge on any atom is 0.227 e. The maximum atomic E-state index is 8.65. The Bertz CT molecular complexity index is 446. The lowest BCUT2D eigenvalue weighted by Crippen LogP contribution is -2.36. The van der Waals surface area contributed by atoms with Gasteiger partial charge in [0.25, 0.3) is 0 Å². The van der Waals surface area contributed by atoms with Gasteiger partial charge < -0.3 is 14.0 Å². The zero-order valence-corrected chi connectivity index (χ0v) is 11.4. The van der Waals surface area contributed by atoms with E-state index in [0.29, 0.717) is 37.8 Å². The molecule has 1 aromatic heterocycles. The lowest BCUT2D eigenvalue weighted by atomic mass is 9.93. The highest BCUT2D eigenvalue weighted by Crippen LogP contribution is 2.33. The van der Waals surface area contributed by atoms with Crippen molar-refractivity contribution in [3.63, 3.8) is 0 Å². The number of ether oxygens (including phenoxy) is 2. The fraction of sp³-hybridized carbons (Fsp3) is 0.769. The van der Waals surface area contributed by atoms with Crippen LogP contribution in [0.1, 0.15) is 37.9 Å². The number of aromatic nitrogens is 2. The Kier molecular flexibility index (Phi) is 4.51. The molecule has 1 fully saturated rings. The van der Waals surface area contributed by atoms with Gasteiger partial charge in [-0.3, -0.25) is 0 Å². The van der Waals surface area contributed by atoms with E-state index in [2.05, 4.69) is 16.2 Å². The van der Waals surface area contributed by atoms with E-state index in [-0.39, 0.29) is 5.92 Å². The van der Waals surface area contributed by atoms with Crippen molar-refractivity contribution < 1.29 is 14.0 Å². The van der Waals surface area contributed by atoms with Crippen molar-refractivity contribution in [2.24, 2.45) is 5.92 Å². The van der Waals surface area contributed by atoms with Gasteiger partial charge in [0.05, 0.1) is 6.07 Å². The van der Waals surface area contributed by atoms with Crippen molar-refractivity contribution >= 4 is 0 Å². The van der Waals surface area contributed by atoms with Crippen LogP contribution in [0.25, 0.3) is 0 Å². The summed E-state index contributed by atoms with van der Waals surface area (Å²) in [6.07, 6.45) is 2.57. The number of nitrogens with zero attached hydrogens (tertiary/aromatic N) is 3. The smallest absolute Gasteiger partial charge is 0.227 e. The molecule has 0 radical (unpaired) electrons. The minimum absolute atomic E-state index is 0.214. The normalized spacial score (nSPS) is 19.8. The van der Waals surface area contributed by atoms with Crippen molar-refractivity contribution in [3.05, 3.63) is 11.7 Å². The number of hydrogen-bond acceptors (Lipinski definition) is 6. The van der Waals surface area contributed by atoms with Gasteiger partial charge in [-0.05, 0) is 5.92 Å². The first-order chi connectivity index (χ1) is 9.20. The molecule has 0 N–H and O–H groups in total. The first kappa shape index (κ1) is 14.0. The van der Waals surface area contributed by atoms with E-state index >= 15 is 0 Å². The Balaban J connectivity index is 2.09. The Morgan fingerprint density at radius 1 is 1.47 bits per heavy atom. The summed E-state index contributed by atoms with van der Waals surface area (Å²) in [5.74, 6) is 1.38. The summed E-state index contributed by atoms with van der Waals surface area (Å²) in [5.41, 5.74) is -0.488. The fourth-order valence-corrected chi connectivity index (χ4v) is 2.27. The van der Waals surface area contributed by atoms with Gasteiger partial charge >= 0.3 is 0 Å². The number of hydrogen-bond donors (Lipinski definition) is 0. The predicted octanol–water partition coefficient (Wildman–Crippen LogP) is 1.81. The van der Waals surface area contributed by atoms with Gasteiger partial charge in [-0.25, -0.2) is 0 Å². The summed E-state index contributed by atoms with van der Waals surface area (Å²) in [7, 11) is 1.67. The first-order valence-electron chi connectivity index (χ1n) is 6.53. The number of rotatable bonds is 5. The second-order valence-corrected chi connectivity index (χ2v) is 4.99. The maximum absolute atomic E-state index is 8.65. The van der Waals surface area contributed by atoms with Gasteiger partial charge in [0.2, 0.25) is 11.7 Å². The fourth-order valence-electron chi connectivity index (χ4n) is 2.27. The second kappa shape index (κ2) is 6.13. The van der Waals surface area contributed by atoms with Crippen LogP contribution in [0.3, 0.4) is 0 Å². The first-order valence-corrected chi connectivity index (χ1v) is 6.53. The molecule has 1 unspecified atom stereocenters. The van der Waals surface area contributed by atoms with Crippen molar-refractivity contribution in [2.75, 3.05) is 20.3 Å². The summed E-state index contributed by atoms with van der Waals surface area (Å²) >= 11 is 0. The largest absolute Gasteiger partial charge is 0.381 e. The zero-order chi connectivity index (χ0) is 13.7. The third-order valence-corrected chi connectivity index (χ3v) is 3.53. The highest BCUT2D eigenvalue weighted by atomic mass is 16.5. The number of methoxy groups -OCH3 is 1. The van der Waals surface area contributed by atoms with Crippen LogP contribution in [0.15, 0.2) is 4.52 Å². The molecule has 0 bridgehead atoms. The minimum atomic E-state index is -0.488. The van der Waals surface area contributed by atoms with Gasteiger partial charge in [-0.15, -0.1) is 0 Å². The number of nitriles is 1. The second-order valence-electron chi connectivity index (χ2n) is 4.99. The average Bonchev–Trinajstić information content (AvgIpc) is 2.89. The molecular formula is C13H19N3O3. The Morgan fingerprint density at radius 2 is 2.21 bits per heavy atom. The molecule has 1 atom stereocenters. The molecule has 1 aromatic rings. The van der Waals surface area contributed by atoms with Gasteiger partial charge in [0.1, 0.15) is 5.60 Å². The molecular weight excluding hydrogens is 246 g/mol. The quantitative estimate of drug-likeness (QED) is 0.807. The Labute approximate surface area is 112 Å². The highest BCUT2D eigenvalue weighted by Gasteiger charge is 2.39. The van der Waals surface area contributed by atoms with E-state index in [0.717, 1.165) is 12.8 Å². The van der Waals surface area contributed by atoms with Crippen LogP contribution >= 0.6 is 0 Å². The third-order valence-electron chi connectivity index (χ3n) is 3.53. The zero-order valence-electron chi connectivity index (χ0n) is 11.4. The van der Waals surface area contributed by atoms with Crippen LogP contribution in [0, 0.1) is 17.2 Å². The van der Waals surface area contributed by atoms with Crippen LogP contribution in [-0.2, 0) is 21.5 Å².